The van der Waals surface area contributed by atoms with Crippen molar-refractivity contribution in [1.82, 2.24) is 5.32 Å². The number of hydrogen-bond donors (Lipinski definition) is 1. The van der Waals surface area contributed by atoms with Crippen LogP contribution in [-0.4, -0.2) is 12.6 Å². The van der Waals surface area contributed by atoms with Crippen LogP contribution in [0.2, 0.25) is 0 Å². The average molecular weight is 154 g/mol. The molecule has 0 atom stereocenters. The van der Waals surface area contributed by atoms with Gasteiger partial charge in [0.05, 0.1) is 5.54 Å². The number of rotatable bonds is 3. The average Bonchev–Trinajstić information content (AvgIpc) is 1.88. The summed E-state index contributed by atoms with van der Waals surface area (Å²) < 4.78 is 0. The van der Waals surface area contributed by atoms with Gasteiger partial charge in [0.15, 0.2) is 0 Å². The maximum absolute atomic E-state index is 8.23. The molecule has 0 spiro atoms. The molecule has 0 aliphatic carbocycles. The summed E-state index contributed by atoms with van der Waals surface area (Å²) in [7, 11) is 1.82. The summed E-state index contributed by atoms with van der Waals surface area (Å²) in [6.07, 6.45) is 1.83. The third-order valence-corrected chi connectivity index (χ3v) is 1.62. The van der Waals surface area contributed by atoms with Gasteiger partial charge in [0, 0.05) is 12.0 Å². The van der Waals surface area contributed by atoms with Gasteiger partial charge in [-0.1, -0.05) is 19.0 Å². The molecule has 0 saturated heterocycles. The molecule has 0 heterocycles. The number of azide groups is 1. The third-order valence-electron chi connectivity index (χ3n) is 1.62. The van der Waals surface area contributed by atoms with Crippen molar-refractivity contribution in [2.24, 2.45) is 5.11 Å². The fourth-order valence-corrected chi connectivity index (χ4v) is 0.584. The molecule has 0 aromatic heterocycles. The number of nitrogens with one attached hydrogen (secondary N) is 1. The summed E-state index contributed by atoms with van der Waals surface area (Å²) in [6, 6.07) is 0. The minimum atomic E-state index is -0.433. The lowest BCUT2D eigenvalue weighted by Crippen LogP contribution is -2.18. The quantitative estimate of drug-likeness (QED) is 0.378. The van der Waals surface area contributed by atoms with E-state index < -0.39 is 5.54 Å². The van der Waals surface area contributed by atoms with Crippen LogP contribution in [0.5, 0.6) is 0 Å². The summed E-state index contributed by atoms with van der Waals surface area (Å²) >= 11 is 0. The van der Waals surface area contributed by atoms with E-state index >= 15 is 0 Å². The van der Waals surface area contributed by atoms with Gasteiger partial charge in [-0.3, -0.25) is 0 Å². The molecule has 0 amide bonds. The number of hydrogen-bond acceptors (Lipinski definition) is 2. The minimum absolute atomic E-state index is 0.433. The maximum atomic E-state index is 8.23. The first-order valence-electron chi connectivity index (χ1n) is 3.45. The van der Waals surface area contributed by atoms with E-state index in [0.29, 0.717) is 0 Å². The molecule has 1 N–H and O–H groups in total. The van der Waals surface area contributed by atoms with Crippen molar-refractivity contribution >= 4 is 0 Å². The van der Waals surface area contributed by atoms with Crippen molar-refractivity contribution in [3.8, 4) is 0 Å². The van der Waals surface area contributed by atoms with Gasteiger partial charge in [0.25, 0.3) is 0 Å². The van der Waals surface area contributed by atoms with Crippen molar-refractivity contribution < 1.29 is 0 Å². The predicted molar refractivity (Wildman–Crippen MR) is 46.0 cm³/mol. The van der Waals surface area contributed by atoms with Crippen molar-refractivity contribution in [3.05, 3.63) is 22.2 Å². The fourth-order valence-electron chi connectivity index (χ4n) is 0.584. The summed E-state index contributed by atoms with van der Waals surface area (Å²) in [4.78, 5) is 2.77. The van der Waals surface area contributed by atoms with Gasteiger partial charge in [-0.25, -0.2) is 0 Å². The lowest BCUT2D eigenvalue weighted by molar-refractivity contribution is 0.602. The van der Waals surface area contributed by atoms with Crippen molar-refractivity contribution in [3.63, 3.8) is 0 Å². The number of nitrogens with zero attached hydrogens (tertiary/aromatic N) is 3. The van der Waals surface area contributed by atoms with E-state index in [1.807, 2.05) is 34.0 Å². The SMILES string of the molecule is CN/C=C(\C)C(C)(C)N=[N+]=[N-]. The van der Waals surface area contributed by atoms with Gasteiger partial charge in [0.2, 0.25) is 0 Å². The molecule has 0 aliphatic heterocycles. The lowest BCUT2D eigenvalue weighted by Gasteiger charge is -2.18. The molecule has 62 valence electrons. The maximum Gasteiger partial charge on any atom is 0.0655 e. The Labute approximate surface area is 66.9 Å². The Hall–Kier alpha value is -1.15. The summed E-state index contributed by atoms with van der Waals surface area (Å²) in [5.74, 6) is 0. The van der Waals surface area contributed by atoms with Crippen molar-refractivity contribution in [2.45, 2.75) is 26.3 Å². The molecular weight excluding hydrogens is 140 g/mol. The van der Waals surface area contributed by atoms with Crippen LogP contribution in [0.4, 0.5) is 0 Å². The van der Waals surface area contributed by atoms with E-state index in [2.05, 4.69) is 15.3 Å². The van der Waals surface area contributed by atoms with E-state index in [4.69, 9.17) is 5.53 Å². The summed E-state index contributed by atoms with van der Waals surface area (Å²) in [6.45, 7) is 5.66. The highest BCUT2D eigenvalue weighted by Gasteiger charge is 2.16. The van der Waals surface area contributed by atoms with Gasteiger partial charge in [0.1, 0.15) is 0 Å². The Kier molecular flexibility index (Phi) is 3.48. The van der Waals surface area contributed by atoms with Gasteiger partial charge in [-0.15, -0.1) is 0 Å². The highest BCUT2D eigenvalue weighted by molar-refractivity contribution is 5.13. The van der Waals surface area contributed by atoms with Gasteiger partial charge in [-0.2, -0.15) is 0 Å². The third kappa shape index (κ3) is 2.96. The van der Waals surface area contributed by atoms with Crippen LogP contribution in [0, 0.1) is 0 Å². The highest BCUT2D eigenvalue weighted by Crippen LogP contribution is 2.19. The first-order valence-corrected chi connectivity index (χ1v) is 3.45. The molecular formula is C7H14N4. The second-order valence-electron chi connectivity index (χ2n) is 2.86. The zero-order valence-corrected chi connectivity index (χ0v) is 7.42. The molecule has 0 aromatic rings. The second-order valence-corrected chi connectivity index (χ2v) is 2.86. The summed E-state index contributed by atoms with van der Waals surface area (Å²) in [5, 5.41) is 6.53. The van der Waals surface area contributed by atoms with Crippen LogP contribution >= 0.6 is 0 Å². The Bertz CT molecular complexity index is 198. The monoisotopic (exact) mass is 154 g/mol. The van der Waals surface area contributed by atoms with Crippen LogP contribution < -0.4 is 5.32 Å². The Morgan fingerprint density at radius 2 is 2.18 bits per heavy atom. The van der Waals surface area contributed by atoms with E-state index in [0.717, 1.165) is 5.57 Å². The van der Waals surface area contributed by atoms with Crippen LogP contribution in [0.15, 0.2) is 16.9 Å². The molecule has 4 nitrogen and oxygen atoms in total. The molecule has 0 saturated carbocycles. The topological polar surface area (TPSA) is 60.8 Å². The summed E-state index contributed by atoms with van der Waals surface area (Å²) in [5.41, 5.74) is 8.81. The van der Waals surface area contributed by atoms with E-state index in [1.165, 1.54) is 0 Å². The zero-order valence-electron chi connectivity index (χ0n) is 7.42. The Morgan fingerprint density at radius 1 is 1.64 bits per heavy atom. The molecule has 0 aliphatic rings. The molecule has 0 aromatic carbocycles. The van der Waals surface area contributed by atoms with Gasteiger partial charge >= 0.3 is 0 Å². The van der Waals surface area contributed by atoms with E-state index in [9.17, 15) is 0 Å². The standard InChI is InChI=1S/C7H14N4/c1-6(5-9-4)7(2,3)10-11-8/h5,9H,1-4H3/b6-5+. The minimum Gasteiger partial charge on any atom is -0.394 e. The molecule has 11 heavy (non-hydrogen) atoms. The van der Waals surface area contributed by atoms with E-state index in [-0.39, 0.29) is 0 Å². The molecule has 0 radical (unpaired) electrons. The fraction of sp³-hybridized carbons (Fsp3) is 0.714. The lowest BCUT2D eigenvalue weighted by atomic mass is 9.98. The second kappa shape index (κ2) is 3.88. The smallest absolute Gasteiger partial charge is 0.0655 e. The Morgan fingerprint density at radius 3 is 2.55 bits per heavy atom. The normalized spacial score (nSPS) is 12.2. The molecule has 0 unspecified atom stereocenters. The van der Waals surface area contributed by atoms with Crippen LogP contribution in [-0.2, 0) is 0 Å². The van der Waals surface area contributed by atoms with Crippen LogP contribution in [0.3, 0.4) is 0 Å². The predicted octanol–water partition coefficient (Wildman–Crippen LogP) is 2.20. The van der Waals surface area contributed by atoms with Gasteiger partial charge in [-0.05, 0) is 24.2 Å². The first kappa shape index (κ1) is 9.85. The van der Waals surface area contributed by atoms with Crippen LogP contribution in [0.25, 0.3) is 10.4 Å². The van der Waals surface area contributed by atoms with E-state index in [1.54, 1.807) is 0 Å². The molecule has 0 rings (SSSR count). The largest absolute Gasteiger partial charge is 0.394 e. The first-order chi connectivity index (χ1) is 5.04. The molecule has 4 heteroatoms. The molecule has 0 fully saturated rings. The van der Waals surface area contributed by atoms with Crippen LogP contribution in [0.1, 0.15) is 20.8 Å². The Balaban J connectivity index is 4.53. The van der Waals surface area contributed by atoms with Crippen molar-refractivity contribution in [1.29, 1.82) is 0 Å². The van der Waals surface area contributed by atoms with Gasteiger partial charge < -0.3 is 5.32 Å². The molecule has 0 bridgehead atoms. The zero-order chi connectivity index (χ0) is 8.91. The van der Waals surface area contributed by atoms with Crippen molar-refractivity contribution in [2.75, 3.05) is 7.05 Å². The highest BCUT2D eigenvalue weighted by atomic mass is 15.2.